The van der Waals surface area contributed by atoms with Crippen LogP contribution in [0.5, 0.6) is 0 Å². The lowest BCUT2D eigenvalue weighted by atomic mass is 9.87. The van der Waals surface area contributed by atoms with E-state index in [1.54, 1.807) is 0 Å². The maximum Gasteiger partial charge on any atom is 0.137 e. The SMILES string of the molecule is CC(C)(C)c1ccc(N(c2ccc(-c3ccccc3)cc2)c2ccc3c(c2)oc2cc4cc5c(cc4cc23)oc2cc(N(c3ccc(C(C)(C)C)cc3)c3ccc4ccccc4c3)ccc25)cc1. The molecule has 10 aromatic carbocycles. The molecule has 0 aliphatic heterocycles. The molecule has 330 valence electrons. The third-order valence-corrected chi connectivity index (χ3v) is 13.7. The molecule has 0 N–H and O–H groups in total. The van der Waals surface area contributed by atoms with Gasteiger partial charge in [-0.05, 0) is 152 Å². The molecule has 4 heteroatoms. The Morgan fingerprint density at radius 3 is 1.16 bits per heavy atom. The highest BCUT2D eigenvalue weighted by molar-refractivity contribution is 6.15. The number of benzene rings is 10. The summed E-state index contributed by atoms with van der Waals surface area (Å²) in [5, 5.41) is 8.93. The third-order valence-electron chi connectivity index (χ3n) is 13.7. The minimum absolute atomic E-state index is 0.0528. The third kappa shape index (κ3) is 7.34. The number of rotatable bonds is 7. The minimum atomic E-state index is 0.0528. The van der Waals surface area contributed by atoms with E-state index in [2.05, 4.69) is 258 Å². The van der Waals surface area contributed by atoms with Crippen LogP contribution in [-0.2, 0) is 10.8 Å². The Bertz CT molecular complexity index is 3850. The molecule has 0 fully saturated rings. The van der Waals surface area contributed by atoms with Crippen molar-refractivity contribution in [3.63, 3.8) is 0 Å². The number of fused-ring (bicyclic) bond motifs is 8. The molecule has 68 heavy (non-hydrogen) atoms. The lowest BCUT2D eigenvalue weighted by Gasteiger charge is -2.27. The molecule has 0 saturated heterocycles. The van der Waals surface area contributed by atoms with Crippen LogP contribution in [0.4, 0.5) is 34.1 Å². The Morgan fingerprint density at radius 1 is 0.279 bits per heavy atom. The first kappa shape index (κ1) is 41.4. The molecular weight excluding hydrogens is 829 g/mol. The van der Waals surface area contributed by atoms with Gasteiger partial charge in [0.25, 0.3) is 0 Å². The Morgan fingerprint density at radius 2 is 0.662 bits per heavy atom. The van der Waals surface area contributed by atoms with Crippen molar-refractivity contribution in [3.8, 4) is 11.1 Å². The van der Waals surface area contributed by atoms with Crippen LogP contribution < -0.4 is 9.80 Å². The van der Waals surface area contributed by atoms with E-state index in [4.69, 9.17) is 8.83 Å². The van der Waals surface area contributed by atoms with E-state index in [1.807, 2.05) is 0 Å². The first-order valence-electron chi connectivity index (χ1n) is 23.6. The number of furan rings is 2. The van der Waals surface area contributed by atoms with Gasteiger partial charge < -0.3 is 18.6 Å². The summed E-state index contributed by atoms with van der Waals surface area (Å²) in [6.45, 7) is 13.5. The lowest BCUT2D eigenvalue weighted by molar-refractivity contribution is 0.590. The van der Waals surface area contributed by atoms with Crippen molar-refractivity contribution in [1.29, 1.82) is 0 Å². The number of anilines is 6. The van der Waals surface area contributed by atoms with Crippen LogP contribution >= 0.6 is 0 Å². The molecule has 2 aromatic heterocycles. The van der Waals surface area contributed by atoms with Gasteiger partial charge in [0.1, 0.15) is 22.3 Å². The van der Waals surface area contributed by atoms with Gasteiger partial charge in [-0.3, -0.25) is 0 Å². The molecule has 0 amide bonds. The van der Waals surface area contributed by atoms with Crippen LogP contribution in [0.3, 0.4) is 0 Å². The molecule has 12 rings (SSSR count). The van der Waals surface area contributed by atoms with Crippen LogP contribution in [0.15, 0.2) is 215 Å². The van der Waals surface area contributed by atoms with Gasteiger partial charge in [0.05, 0.1) is 0 Å². The van der Waals surface area contributed by atoms with Gasteiger partial charge in [0.2, 0.25) is 0 Å². The predicted molar refractivity (Wildman–Crippen MR) is 288 cm³/mol. The van der Waals surface area contributed by atoms with Gasteiger partial charge in [0, 0.05) is 67.8 Å². The zero-order valence-corrected chi connectivity index (χ0v) is 39.3. The van der Waals surface area contributed by atoms with Crippen LogP contribution in [-0.4, -0.2) is 0 Å². The molecule has 0 aliphatic carbocycles. The summed E-state index contributed by atoms with van der Waals surface area (Å²) >= 11 is 0. The zero-order valence-electron chi connectivity index (χ0n) is 39.3. The summed E-state index contributed by atoms with van der Waals surface area (Å²) in [5.74, 6) is 0. The van der Waals surface area contributed by atoms with E-state index < -0.39 is 0 Å². The van der Waals surface area contributed by atoms with Gasteiger partial charge in [-0.2, -0.15) is 0 Å². The fourth-order valence-corrected chi connectivity index (χ4v) is 9.91. The van der Waals surface area contributed by atoms with E-state index in [9.17, 15) is 0 Å². The number of hydrogen-bond acceptors (Lipinski definition) is 4. The molecule has 12 aromatic rings. The summed E-state index contributed by atoms with van der Waals surface area (Å²) in [6.07, 6.45) is 0. The van der Waals surface area contributed by atoms with Gasteiger partial charge in [-0.25, -0.2) is 0 Å². The van der Waals surface area contributed by atoms with E-state index in [1.165, 1.54) is 33.0 Å². The quantitative estimate of drug-likeness (QED) is 0.160. The normalized spacial score (nSPS) is 12.3. The van der Waals surface area contributed by atoms with E-state index in [0.717, 1.165) is 88.8 Å². The second kappa shape index (κ2) is 15.8. The van der Waals surface area contributed by atoms with Crippen molar-refractivity contribution in [2.45, 2.75) is 52.4 Å². The predicted octanol–water partition coefficient (Wildman–Crippen LogP) is 19.0. The monoisotopic (exact) mass is 880 g/mol. The average molecular weight is 881 g/mol. The highest BCUT2D eigenvalue weighted by Crippen LogP contribution is 2.44. The highest BCUT2D eigenvalue weighted by atomic mass is 16.3. The largest absolute Gasteiger partial charge is 0.456 e. The van der Waals surface area contributed by atoms with Gasteiger partial charge in [-0.15, -0.1) is 0 Å². The number of nitrogens with zero attached hydrogens (tertiary/aromatic N) is 2. The second-order valence-electron chi connectivity index (χ2n) is 20.3. The Balaban J connectivity index is 0.928. The van der Waals surface area contributed by atoms with Crippen molar-refractivity contribution in [3.05, 3.63) is 217 Å². The van der Waals surface area contributed by atoms with Gasteiger partial charge in [-0.1, -0.05) is 139 Å². The molecule has 0 aliphatic rings. The van der Waals surface area contributed by atoms with Crippen LogP contribution in [0.25, 0.3) is 76.5 Å². The van der Waals surface area contributed by atoms with E-state index in [-0.39, 0.29) is 10.8 Å². The Hall–Kier alpha value is -8.08. The van der Waals surface area contributed by atoms with E-state index >= 15 is 0 Å². The molecule has 0 spiro atoms. The van der Waals surface area contributed by atoms with Crippen LogP contribution in [0.2, 0.25) is 0 Å². The van der Waals surface area contributed by atoms with Crippen LogP contribution in [0.1, 0.15) is 52.7 Å². The zero-order chi connectivity index (χ0) is 46.3. The molecule has 0 radical (unpaired) electrons. The Kier molecular flexibility index (Phi) is 9.60. The smallest absolute Gasteiger partial charge is 0.137 e. The molecule has 0 unspecified atom stereocenters. The fraction of sp³-hybridized carbons (Fsp3) is 0.125. The van der Waals surface area contributed by atoms with Crippen molar-refractivity contribution in [2.24, 2.45) is 0 Å². The topological polar surface area (TPSA) is 32.8 Å². The van der Waals surface area contributed by atoms with Crippen molar-refractivity contribution in [2.75, 3.05) is 9.80 Å². The Labute approximate surface area is 397 Å². The van der Waals surface area contributed by atoms with Gasteiger partial charge in [0.15, 0.2) is 0 Å². The van der Waals surface area contributed by atoms with Crippen molar-refractivity contribution in [1.82, 2.24) is 0 Å². The maximum absolute atomic E-state index is 6.77. The summed E-state index contributed by atoms with van der Waals surface area (Å²) in [4.78, 5) is 4.65. The first-order chi connectivity index (χ1) is 32.9. The molecule has 0 bridgehead atoms. The molecule has 0 atom stereocenters. The molecular formula is C64H52N2O2. The first-order valence-corrected chi connectivity index (χ1v) is 23.6. The summed E-state index contributed by atoms with van der Waals surface area (Å²) in [5.41, 5.74) is 14.9. The number of hydrogen-bond donors (Lipinski definition) is 0. The average Bonchev–Trinajstić information content (AvgIpc) is 3.89. The molecule has 0 saturated carbocycles. The maximum atomic E-state index is 6.77. The van der Waals surface area contributed by atoms with Crippen molar-refractivity contribution >= 4 is 99.5 Å². The second-order valence-corrected chi connectivity index (χ2v) is 20.3. The van der Waals surface area contributed by atoms with E-state index in [0.29, 0.717) is 0 Å². The standard InChI is InChI=1S/C64H52N2O2/c1-63(2,3)47-19-26-50(27-20-47)65(49-23-16-43(17-24-49)41-12-8-7-9-13-41)53-30-32-55-57-35-45-38-60-58(36-46(45)37-59(57)67-61(55)39-53)56-33-31-54(40-62(56)68-60)66(51-28-21-48(22-29-51)64(4,5)6)52-25-18-42-14-10-11-15-44(42)34-52/h7-40H,1-6H3. The molecule has 4 nitrogen and oxygen atoms in total. The summed E-state index contributed by atoms with van der Waals surface area (Å²) < 4.78 is 13.5. The lowest BCUT2D eigenvalue weighted by Crippen LogP contribution is -2.13. The van der Waals surface area contributed by atoms with Crippen molar-refractivity contribution < 1.29 is 8.83 Å². The minimum Gasteiger partial charge on any atom is -0.456 e. The molecule has 2 heterocycles. The highest BCUT2D eigenvalue weighted by Gasteiger charge is 2.21. The van der Waals surface area contributed by atoms with Gasteiger partial charge >= 0.3 is 0 Å². The summed E-state index contributed by atoms with van der Waals surface area (Å²) in [6, 6.07) is 74.6. The van der Waals surface area contributed by atoms with Crippen LogP contribution in [0, 0.1) is 0 Å². The summed E-state index contributed by atoms with van der Waals surface area (Å²) in [7, 11) is 0. The fourth-order valence-electron chi connectivity index (χ4n) is 9.91.